The fourth-order valence-electron chi connectivity index (χ4n) is 3.09. The van der Waals surface area contributed by atoms with Gasteiger partial charge in [-0.2, -0.15) is 0 Å². The molecule has 7 heteroatoms. The Labute approximate surface area is 139 Å². The fraction of sp³-hybridized carbons (Fsp3) is 0.438. The minimum Gasteiger partial charge on any atom is -0.359 e. The van der Waals surface area contributed by atoms with Crippen LogP contribution in [0.15, 0.2) is 24.3 Å². The number of likely N-dealkylation sites (tertiary alicyclic amines) is 2. The molecule has 1 aromatic carbocycles. The van der Waals surface area contributed by atoms with Crippen LogP contribution in [-0.4, -0.2) is 60.2 Å². The number of amides is 3. The standard InChI is InChI=1S/C16H18ClN3O3/c1-18-15(22)10-6-14(21)20(7-10)11-8-19(9-11)16(23)12-4-2-3-5-13(12)17/h2-5,10-11H,6-9H2,1H3,(H,18,22). The van der Waals surface area contributed by atoms with Crippen LogP contribution in [0, 0.1) is 5.92 Å². The predicted octanol–water partition coefficient (Wildman–Crippen LogP) is 0.759. The summed E-state index contributed by atoms with van der Waals surface area (Å²) in [4.78, 5) is 39.5. The zero-order valence-corrected chi connectivity index (χ0v) is 13.5. The second kappa shape index (κ2) is 6.20. The molecule has 1 atom stereocenters. The van der Waals surface area contributed by atoms with Gasteiger partial charge in [0.1, 0.15) is 0 Å². The predicted molar refractivity (Wildman–Crippen MR) is 85.0 cm³/mol. The van der Waals surface area contributed by atoms with E-state index in [4.69, 9.17) is 11.6 Å². The van der Waals surface area contributed by atoms with Crippen molar-refractivity contribution in [3.05, 3.63) is 34.9 Å². The van der Waals surface area contributed by atoms with E-state index in [9.17, 15) is 14.4 Å². The summed E-state index contributed by atoms with van der Waals surface area (Å²) in [6, 6.07) is 6.92. The molecule has 6 nitrogen and oxygen atoms in total. The summed E-state index contributed by atoms with van der Waals surface area (Å²) < 4.78 is 0. The minimum atomic E-state index is -0.291. The fourth-order valence-corrected chi connectivity index (χ4v) is 3.30. The van der Waals surface area contributed by atoms with Crippen LogP contribution < -0.4 is 5.32 Å². The normalized spacial score (nSPS) is 21.3. The van der Waals surface area contributed by atoms with Gasteiger partial charge in [0.25, 0.3) is 5.91 Å². The van der Waals surface area contributed by atoms with E-state index in [1.54, 1.807) is 41.1 Å². The van der Waals surface area contributed by atoms with Crippen LogP contribution in [0.5, 0.6) is 0 Å². The molecule has 2 fully saturated rings. The van der Waals surface area contributed by atoms with E-state index in [2.05, 4.69) is 5.32 Å². The highest BCUT2D eigenvalue weighted by molar-refractivity contribution is 6.33. The third kappa shape index (κ3) is 2.91. The molecule has 1 aromatic rings. The third-order valence-corrected chi connectivity index (χ3v) is 4.80. The summed E-state index contributed by atoms with van der Waals surface area (Å²) >= 11 is 6.04. The molecule has 0 spiro atoms. The van der Waals surface area contributed by atoms with Crippen molar-refractivity contribution in [2.45, 2.75) is 12.5 Å². The van der Waals surface area contributed by atoms with Crippen LogP contribution in [-0.2, 0) is 9.59 Å². The van der Waals surface area contributed by atoms with Gasteiger partial charge in [-0.1, -0.05) is 23.7 Å². The van der Waals surface area contributed by atoms with Crippen LogP contribution in [0.1, 0.15) is 16.8 Å². The summed E-state index contributed by atoms with van der Waals surface area (Å²) in [5.41, 5.74) is 0.476. The molecule has 1 unspecified atom stereocenters. The summed E-state index contributed by atoms with van der Waals surface area (Å²) in [5.74, 6) is -0.542. The first-order valence-electron chi connectivity index (χ1n) is 7.56. The lowest BCUT2D eigenvalue weighted by Gasteiger charge is -2.44. The van der Waals surface area contributed by atoms with Gasteiger partial charge in [-0.15, -0.1) is 0 Å². The Bertz CT molecular complexity index is 658. The lowest BCUT2D eigenvalue weighted by atomic mass is 10.0. The lowest BCUT2D eigenvalue weighted by molar-refractivity contribution is -0.132. The van der Waals surface area contributed by atoms with Crippen LogP contribution >= 0.6 is 11.6 Å². The van der Waals surface area contributed by atoms with Crippen molar-refractivity contribution in [1.29, 1.82) is 0 Å². The molecular weight excluding hydrogens is 318 g/mol. The summed E-state index contributed by atoms with van der Waals surface area (Å²) in [6.07, 6.45) is 0.245. The van der Waals surface area contributed by atoms with Crippen LogP contribution in [0.4, 0.5) is 0 Å². The van der Waals surface area contributed by atoms with Gasteiger partial charge >= 0.3 is 0 Å². The molecule has 3 amide bonds. The highest BCUT2D eigenvalue weighted by atomic mass is 35.5. The maximum absolute atomic E-state index is 12.4. The van der Waals surface area contributed by atoms with Gasteiger partial charge in [0.2, 0.25) is 11.8 Å². The Morgan fingerprint density at radius 2 is 1.91 bits per heavy atom. The molecule has 2 saturated heterocycles. The highest BCUT2D eigenvalue weighted by Gasteiger charge is 2.43. The molecule has 2 aliphatic rings. The number of carbonyl (C=O) groups is 3. The smallest absolute Gasteiger partial charge is 0.255 e. The second-order valence-corrected chi connectivity index (χ2v) is 6.31. The molecule has 3 rings (SSSR count). The van der Waals surface area contributed by atoms with E-state index in [0.717, 1.165) is 0 Å². The number of halogens is 1. The number of carbonyl (C=O) groups excluding carboxylic acids is 3. The SMILES string of the molecule is CNC(=O)C1CC(=O)N(C2CN(C(=O)c3ccccc3Cl)C2)C1. The third-order valence-electron chi connectivity index (χ3n) is 4.47. The van der Waals surface area contributed by atoms with E-state index >= 15 is 0 Å². The van der Waals surface area contributed by atoms with E-state index in [-0.39, 0.29) is 36.1 Å². The Hall–Kier alpha value is -2.08. The number of benzene rings is 1. The first-order chi connectivity index (χ1) is 11.0. The molecule has 0 bridgehead atoms. The van der Waals surface area contributed by atoms with Gasteiger partial charge in [-0.3, -0.25) is 14.4 Å². The van der Waals surface area contributed by atoms with Crippen molar-refractivity contribution in [3.63, 3.8) is 0 Å². The molecule has 1 N–H and O–H groups in total. The Balaban J connectivity index is 1.59. The average molecular weight is 336 g/mol. The van der Waals surface area contributed by atoms with Gasteiger partial charge in [0, 0.05) is 33.1 Å². The van der Waals surface area contributed by atoms with Crippen LogP contribution in [0.2, 0.25) is 5.02 Å². The van der Waals surface area contributed by atoms with Crippen molar-refractivity contribution in [3.8, 4) is 0 Å². The van der Waals surface area contributed by atoms with E-state index in [1.807, 2.05) is 0 Å². The average Bonchev–Trinajstić information content (AvgIpc) is 2.87. The molecular formula is C16H18ClN3O3. The van der Waals surface area contributed by atoms with Crippen molar-refractivity contribution in [1.82, 2.24) is 15.1 Å². The minimum absolute atomic E-state index is 0.0106. The highest BCUT2D eigenvalue weighted by Crippen LogP contribution is 2.27. The van der Waals surface area contributed by atoms with Gasteiger partial charge < -0.3 is 15.1 Å². The van der Waals surface area contributed by atoms with Crippen molar-refractivity contribution in [2.75, 3.05) is 26.7 Å². The van der Waals surface area contributed by atoms with E-state index in [0.29, 0.717) is 30.2 Å². The molecule has 0 aromatic heterocycles. The molecule has 0 radical (unpaired) electrons. The first-order valence-corrected chi connectivity index (χ1v) is 7.94. The topological polar surface area (TPSA) is 69.7 Å². The maximum Gasteiger partial charge on any atom is 0.255 e. The maximum atomic E-state index is 12.4. The molecule has 2 heterocycles. The van der Waals surface area contributed by atoms with Gasteiger partial charge in [0.15, 0.2) is 0 Å². The van der Waals surface area contributed by atoms with Crippen molar-refractivity contribution >= 4 is 29.3 Å². The first kappa shape index (κ1) is 15.8. The summed E-state index contributed by atoms with van der Waals surface area (Å²) in [7, 11) is 1.57. The van der Waals surface area contributed by atoms with E-state index < -0.39 is 0 Å². The number of hydrogen-bond acceptors (Lipinski definition) is 3. The molecule has 0 saturated carbocycles. The quantitative estimate of drug-likeness (QED) is 0.886. The number of rotatable bonds is 3. The monoisotopic (exact) mass is 335 g/mol. The molecule has 2 aliphatic heterocycles. The molecule has 122 valence electrons. The van der Waals surface area contributed by atoms with Gasteiger partial charge in [-0.25, -0.2) is 0 Å². The Morgan fingerprint density at radius 1 is 1.22 bits per heavy atom. The number of nitrogens with zero attached hydrogens (tertiary/aromatic N) is 2. The van der Waals surface area contributed by atoms with Gasteiger partial charge in [-0.05, 0) is 12.1 Å². The zero-order valence-electron chi connectivity index (χ0n) is 12.8. The van der Waals surface area contributed by atoms with Crippen LogP contribution in [0.25, 0.3) is 0 Å². The van der Waals surface area contributed by atoms with Crippen LogP contribution in [0.3, 0.4) is 0 Å². The summed E-state index contributed by atoms with van der Waals surface area (Å²) in [6.45, 7) is 1.39. The molecule has 0 aliphatic carbocycles. The largest absolute Gasteiger partial charge is 0.359 e. The van der Waals surface area contributed by atoms with E-state index in [1.165, 1.54) is 0 Å². The van der Waals surface area contributed by atoms with Crippen molar-refractivity contribution in [2.24, 2.45) is 5.92 Å². The number of nitrogens with one attached hydrogen (secondary N) is 1. The second-order valence-electron chi connectivity index (χ2n) is 5.91. The number of hydrogen-bond donors (Lipinski definition) is 1. The Morgan fingerprint density at radius 3 is 2.57 bits per heavy atom. The zero-order chi connectivity index (χ0) is 16.6. The lowest BCUT2D eigenvalue weighted by Crippen LogP contribution is -2.61. The molecule has 23 heavy (non-hydrogen) atoms. The van der Waals surface area contributed by atoms with Crippen molar-refractivity contribution < 1.29 is 14.4 Å². The summed E-state index contributed by atoms with van der Waals surface area (Å²) in [5, 5.41) is 3.01. The van der Waals surface area contributed by atoms with Gasteiger partial charge in [0.05, 0.1) is 22.5 Å². The Kier molecular flexibility index (Phi) is 4.26.